The Hall–Kier alpha value is -0.900. The lowest BCUT2D eigenvalue weighted by Crippen LogP contribution is -2.58. The van der Waals surface area contributed by atoms with Gasteiger partial charge in [0, 0.05) is 25.9 Å². The number of ether oxygens (including phenoxy) is 1. The molecule has 98 valence electrons. The van der Waals surface area contributed by atoms with Crippen molar-refractivity contribution in [2.75, 3.05) is 13.1 Å². The fraction of sp³-hybridized carbons (Fsp3) is 0.846. The third kappa shape index (κ3) is 4.46. The van der Waals surface area contributed by atoms with Crippen LogP contribution < -0.4 is 0 Å². The van der Waals surface area contributed by atoms with Gasteiger partial charge in [-0.05, 0) is 34.6 Å². The Bertz CT molecular complexity index is 305. The lowest BCUT2D eigenvalue weighted by molar-refractivity contribution is -0.188. The molecule has 1 rings (SSSR count). The minimum Gasteiger partial charge on any atom is -0.366 e. The molecule has 4 nitrogen and oxygen atoms in total. The molecule has 1 aliphatic rings. The molecule has 0 N–H and O–H groups in total. The van der Waals surface area contributed by atoms with Gasteiger partial charge in [0.1, 0.15) is 5.78 Å². The van der Waals surface area contributed by atoms with Crippen LogP contribution in [0.1, 0.15) is 47.5 Å². The summed E-state index contributed by atoms with van der Waals surface area (Å²) in [4.78, 5) is 24.7. The van der Waals surface area contributed by atoms with Crippen molar-refractivity contribution in [3.8, 4) is 0 Å². The first-order chi connectivity index (χ1) is 7.61. The number of hydrogen-bond donors (Lipinski definition) is 0. The van der Waals surface area contributed by atoms with Gasteiger partial charge in [-0.15, -0.1) is 0 Å². The first kappa shape index (κ1) is 14.2. The maximum absolute atomic E-state index is 12.0. The fourth-order valence-electron chi connectivity index (χ4n) is 2.41. The Labute approximate surface area is 103 Å². The van der Waals surface area contributed by atoms with Crippen LogP contribution in [0.2, 0.25) is 0 Å². The number of morpholine rings is 1. The van der Waals surface area contributed by atoms with E-state index in [9.17, 15) is 9.59 Å². The molecule has 0 aromatic carbocycles. The van der Waals surface area contributed by atoms with Crippen molar-refractivity contribution in [3.05, 3.63) is 0 Å². The largest absolute Gasteiger partial charge is 0.366 e. The van der Waals surface area contributed by atoms with Crippen molar-refractivity contribution in [2.45, 2.75) is 58.7 Å². The van der Waals surface area contributed by atoms with Crippen LogP contribution in [0.3, 0.4) is 0 Å². The van der Waals surface area contributed by atoms with Gasteiger partial charge >= 0.3 is 0 Å². The van der Waals surface area contributed by atoms with Gasteiger partial charge in [-0.3, -0.25) is 4.79 Å². The number of nitrogens with zero attached hydrogens (tertiary/aromatic N) is 1. The number of carbonyl (C=O) groups is 2. The van der Waals surface area contributed by atoms with Crippen LogP contribution in [0.4, 0.5) is 0 Å². The van der Waals surface area contributed by atoms with E-state index in [-0.39, 0.29) is 22.9 Å². The quantitative estimate of drug-likeness (QED) is 0.756. The zero-order valence-corrected chi connectivity index (χ0v) is 11.5. The predicted molar refractivity (Wildman–Crippen MR) is 65.7 cm³/mol. The zero-order chi connectivity index (χ0) is 13.3. The third-order valence-corrected chi connectivity index (χ3v) is 2.74. The van der Waals surface area contributed by atoms with Gasteiger partial charge in [-0.2, -0.15) is 0 Å². The Balaban J connectivity index is 2.64. The van der Waals surface area contributed by atoms with Crippen LogP contribution in [0, 0.1) is 0 Å². The fourth-order valence-corrected chi connectivity index (χ4v) is 2.41. The molecule has 4 heteroatoms. The highest BCUT2D eigenvalue weighted by atomic mass is 16.5. The summed E-state index contributed by atoms with van der Waals surface area (Å²) in [6.07, 6.45) is 0.637. The molecule has 1 aliphatic heterocycles. The number of rotatable bonds is 3. The van der Waals surface area contributed by atoms with Gasteiger partial charge in [0.15, 0.2) is 0 Å². The number of hydrogen-bond acceptors (Lipinski definition) is 3. The molecule has 0 atom stereocenters. The van der Waals surface area contributed by atoms with Gasteiger partial charge < -0.3 is 14.4 Å². The number of amides is 1. The molecule has 0 unspecified atom stereocenters. The minimum atomic E-state index is -0.326. The SMILES string of the molecule is CC(=O)CCC(=O)N1CC(C)(C)OC(C)(C)C1. The van der Waals surface area contributed by atoms with Crippen LogP contribution in [-0.4, -0.2) is 40.9 Å². The molecule has 0 spiro atoms. The Morgan fingerprint density at radius 2 is 1.53 bits per heavy atom. The summed E-state index contributed by atoms with van der Waals surface area (Å²) in [5.41, 5.74) is -0.652. The molecule has 17 heavy (non-hydrogen) atoms. The first-order valence-corrected chi connectivity index (χ1v) is 6.09. The maximum atomic E-state index is 12.0. The van der Waals surface area contributed by atoms with E-state index < -0.39 is 0 Å². The van der Waals surface area contributed by atoms with Crippen molar-refractivity contribution in [1.29, 1.82) is 0 Å². The molecule has 1 heterocycles. The summed E-state index contributed by atoms with van der Waals surface area (Å²) in [7, 11) is 0. The summed E-state index contributed by atoms with van der Waals surface area (Å²) in [6, 6.07) is 0. The highest BCUT2D eigenvalue weighted by Gasteiger charge is 2.39. The molecule has 0 saturated carbocycles. The van der Waals surface area contributed by atoms with E-state index in [0.717, 1.165) is 0 Å². The van der Waals surface area contributed by atoms with E-state index in [0.29, 0.717) is 25.9 Å². The summed E-state index contributed by atoms with van der Waals surface area (Å²) in [5, 5.41) is 0. The Kier molecular flexibility index (Phi) is 3.97. The monoisotopic (exact) mass is 241 g/mol. The van der Waals surface area contributed by atoms with Gasteiger partial charge in [-0.25, -0.2) is 0 Å². The van der Waals surface area contributed by atoms with Crippen molar-refractivity contribution in [2.24, 2.45) is 0 Å². The van der Waals surface area contributed by atoms with Crippen LogP contribution >= 0.6 is 0 Å². The standard InChI is InChI=1S/C13H23NO3/c1-10(15)6-7-11(16)14-8-12(2,3)17-13(4,5)9-14/h6-9H2,1-5H3. The molecule has 1 fully saturated rings. The zero-order valence-electron chi connectivity index (χ0n) is 11.5. The van der Waals surface area contributed by atoms with Crippen LogP contribution in [0.15, 0.2) is 0 Å². The summed E-state index contributed by atoms with van der Waals surface area (Å²) in [6.45, 7) is 10.6. The molecular weight excluding hydrogens is 218 g/mol. The second-order valence-corrected chi connectivity index (χ2v) is 6.07. The van der Waals surface area contributed by atoms with Crippen LogP contribution in [0.25, 0.3) is 0 Å². The average Bonchev–Trinajstić information content (AvgIpc) is 2.08. The normalized spacial score (nSPS) is 22.3. The topological polar surface area (TPSA) is 46.6 Å². The first-order valence-electron chi connectivity index (χ1n) is 6.09. The molecule has 0 bridgehead atoms. The molecule has 1 saturated heterocycles. The second kappa shape index (κ2) is 4.77. The van der Waals surface area contributed by atoms with Crippen LogP contribution in [-0.2, 0) is 14.3 Å². The lowest BCUT2D eigenvalue weighted by atomic mass is 9.98. The maximum Gasteiger partial charge on any atom is 0.223 e. The third-order valence-electron chi connectivity index (χ3n) is 2.74. The number of Topliss-reactive ketones (excluding diaryl/α,β-unsaturated/α-hetero) is 1. The van der Waals surface area contributed by atoms with E-state index in [1.54, 1.807) is 0 Å². The minimum absolute atomic E-state index is 0.0460. The van der Waals surface area contributed by atoms with Gasteiger partial charge in [0.2, 0.25) is 5.91 Å². The molecule has 0 aromatic heterocycles. The van der Waals surface area contributed by atoms with E-state index in [1.807, 2.05) is 32.6 Å². The highest BCUT2D eigenvalue weighted by molar-refractivity contribution is 5.83. The van der Waals surface area contributed by atoms with E-state index in [2.05, 4.69) is 0 Å². The smallest absolute Gasteiger partial charge is 0.223 e. The van der Waals surface area contributed by atoms with Gasteiger partial charge in [0.25, 0.3) is 0 Å². The molecule has 1 amide bonds. The summed E-state index contributed by atoms with van der Waals surface area (Å²) in [5.74, 6) is 0.106. The second-order valence-electron chi connectivity index (χ2n) is 6.07. The number of ketones is 1. The Morgan fingerprint density at radius 3 is 1.94 bits per heavy atom. The van der Waals surface area contributed by atoms with E-state index in [4.69, 9.17) is 4.74 Å². The Morgan fingerprint density at radius 1 is 1.06 bits per heavy atom. The lowest BCUT2D eigenvalue weighted by Gasteiger charge is -2.47. The van der Waals surface area contributed by atoms with E-state index >= 15 is 0 Å². The van der Waals surface area contributed by atoms with Crippen molar-refractivity contribution >= 4 is 11.7 Å². The van der Waals surface area contributed by atoms with Crippen molar-refractivity contribution < 1.29 is 14.3 Å². The van der Waals surface area contributed by atoms with Crippen LogP contribution in [0.5, 0.6) is 0 Å². The highest BCUT2D eigenvalue weighted by Crippen LogP contribution is 2.28. The van der Waals surface area contributed by atoms with Crippen molar-refractivity contribution in [1.82, 2.24) is 4.90 Å². The molecule has 0 aromatic rings. The van der Waals surface area contributed by atoms with Crippen molar-refractivity contribution in [3.63, 3.8) is 0 Å². The predicted octanol–water partition coefficient (Wildman–Crippen LogP) is 1.77. The van der Waals surface area contributed by atoms with E-state index in [1.165, 1.54) is 6.92 Å². The van der Waals surface area contributed by atoms with Gasteiger partial charge in [0.05, 0.1) is 11.2 Å². The van der Waals surface area contributed by atoms with Gasteiger partial charge in [-0.1, -0.05) is 0 Å². The summed E-state index contributed by atoms with van der Waals surface area (Å²) >= 11 is 0. The average molecular weight is 241 g/mol. The molecular formula is C13H23NO3. The molecule has 0 radical (unpaired) electrons. The summed E-state index contributed by atoms with van der Waals surface area (Å²) < 4.78 is 5.91. The molecule has 0 aliphatic carbocycles. The number of carbonyl (C=O) groups excluding carboxylic acids is 2.